The van der Waals surface area contributed by atoms with E-state index in [0.29, 0.717) is 5.92 Å². The Morgan fingerprint density at radius 2 is 2.25 bits per heavy atom. The van der Waals surface area contributed by atoms with Crippen LogP contribution in [0.25, 0.3) is 0 Å². The average molecular weight is 444 g/mol. The van der Waals surface area contributed by atoms with Gasteiger partial charge in [0.2, 0.25) is 0 Å². The minimum Gasteiger partial charge on any atom is -0.271 e. The predicted octanol–water partition coefficient (Wildman–Crippen LogP) is 3.68. The maximum absolute atomic E-state index is 5.86. The van der Waals surface area contributed by atoms with Gasteiger partial charge in [-0.2, -0.15) is 0 Å². The smallest absolute Gasteiger partial charge is 0.0555 e. The Bertz CT molecular complexity index is 632. The number of hydrogen-bond acceptors (Lipinski definition) is 3. The molecule has 1 aliphatic carbocycles. The van der Waals surface area contributed by atoms with Crippen molar-refractivity contribution >= 4 is 38.5 Å². The summed E-state index contributed by atoms with van der Waals surface area (Å²) in [5, 5.41) is 0. The summed E-state index contributed by atoms with van der Waals surface area (Å²) < 4.78 is 2.30. The number of fused-ring (bicyclic) bond motifs is 1. The number of rotatable bonds is 3. The van der Waals surface area contributed by atoms with E-state index in [1.165, 1.54) is 20.4 Å². The van der Waals surface area contributed by atoms with Crippen molar-refractivity contribution in [3.05, 3.63) is 61.4 Å². The third-order valence-corrected chi connectivity index (χ3v) is 5.27. The molecule has 0 fully saturated rings. The van der Waals surface area contributed by atoms with Gasteiger partial charge in [0.1, 0.15) is 0 Å². The van der Waals surface area contributed by atoms with E-state index in [-0.39, 0.29) is 6.04 Å². The maximum Gasteiger partial charge on any atom is 0.0555 e. The molecular formula is C15H15BrIN3. The Morgan fingerprint density at radius 3 is 3.05 bits per heavy atom. The fourth-order valence-electron chi connectivity index (χ4n) is 2.94. The van der Waals surface area contributed by atoms with E-state index in [4.69, 9.17) is 5.84 Å². The van der Waals surface area contributed by atoms with Crippen molar-refractivity contribution < 1.29 is 0 Å². The molecule has 1 heterocycles. The summed E-state index contributed by atoms with van der Waals surface area (Å²) in [6.07, 6.45) is 4.03. The van der Waals surface area contributed by atoms with Crippen molar-refractivity contribution in [1.29, 1.82) is 0 Å². The Morgan fingerprint density at radius 1 is 1.40 bits per heavy atom. The highest BCUT2D eigenvalue weighted by Crippen LogP contribution is 2.42. The molecule has 20 heavy (non-hydrogen) atoms. The van der Waals surface area contributed by atoms with E-state index < -0.39 is 0 Å². The molecule has 0 spiro atoms. The lowest BCUT2D eigenvalue weighted by Gasteiger charge is -2.24. The number of pyridine rings is 1. The number of aryl methyl sites for hydroxylation is 1. The van der Waals surface area contributed by atoms with Gasteiger partial charge in [0.15, 0.2) is 0 Å². The first-order chi connectivity index (χ1) is 9.70. The second kappa shape index (κ2) is 6.09. The average Bonchev–Trinajstić information content (AvgIpc) is 2.88. The molecule has 3 nitrogen and oxygen atoms in total. The fourth-order valence-corrected chi connectivity index (χ4v) is 3.95. The van der Waals surface area contributed by atoms with Crippen LogP contribution in [0.3, 0.4) is 0 Å². The molecule has 0 saturated carbocycles. The highest BCUT2D eigenvalue weighted by molar-refractivity contribution is 14.1. The number of nitrogens with two attached hydrogens (primary N) is 1. The predicted molar refractivity (Wildman–Crippen MR) is 92.2 cm³/mol. The first kappa shape index (κ1) is 14.4. The normalized spacial score (nSPS) is 18.9. The Labute approximate surface area is 140 Å². The molecule has 1 aromatic heterocycles. The highest BCUT2D eigenvalue weighted by atomic mass is 127. The minimum atomic E-state index is 0.0789. The van der Waals surface area contributed by atoms with Gasteiger partial charge in [0.25, 0.3) is 0 Å². The number of hydrogen-bond donors (Lipinski definition) is 2. The lowest BCUT2D eigenvalue weighted by molar-refractivity contribution is 0.445. The van der Waals surface area contributed by atoms with Crippen LogP contribution in [0.1, 0.15) is 35.2 Å². The quantitative estimate of drug-likeness (QED) is 0.432. The maximum atomic E-state index is 5.86. The van der Waals surface area contributed by atoms with E-state index in [1.54, 1.807) is 0 Å². The van der Waals surface area contributed by atoms with Crippen LogP contribution in [0.5, 0.6) is 0 Å². The van der Waals surface area contributed by atoms with Crippen molar-refractivity contribution in [3.8, 4) is 0 Å². The summed E-state index contributed by atoms with van der Waals surface area (Å²) in [6, 6.07) is 10.6. The summed E-state index contributed by atoms with van der Waals surface area (Å²) in [4.78, 5) is 4.57. The van der Waals surface area contributed by atoms with Gasteiger partial charge in [-0.3, -0.25) is 16.3 Å². The molecule has 0 amide bonds. The van der Waals surface area contributed by atoms with Crippen molar-refractivity contribution in [2.24, 2.45) is 5.84 Å². The first-order valence-electron chi connectivity index (χ1n) is 6.55. The number of benzene rings is 1. The number of hydrazine groups is 1. The van der Waals surface area contributed by atoms with Gasteiger partial charge in [0.05, 0.1) is 6.04 Å². The Hall–Kier alpha value is -0.500. The summed E-state index contributed by atoms with van der Waals surface area (Å²) in [5.74, 6) is 6.18. The Kier molecular flexibility index (Phi) is 4.40. The third kappa shape index (κ3) is 2.64. The zero-order valence-corrected chi connectivity index (χ0v) is 14.6. The number of aromatic nitrogens is 1. The monoisotopic (exact) mass is 443 g/mol. The van der Waals surface area contributed by atoms with E-state index in [9.17, 15) is 0 Å². The van der Waals surface area contributed by atoms with Crippen LogP contribution in [0.2, 0.25) is 0 Å². The van der Waals surface area contributed by atoms with Crippen molar-refractivity contribution in [2.45, 2.75) is 24.8 Å². The second-order valence-electron chi connectivity index (χ2n) is 5.00. The molecule has 3 N–H and O–H groups in total. The van der Waals surface area contributed by atoms with Crippen LogP contribution in [0.15, 0.2) is 41.0 Å². The standard InChI is InChI=1S/C15H15BrIN3/c16-13-6-4-10(17)8-12(13)15(20-18)11-5-3-9-2-1-7-19-14(9)11/h1-2,4,6-8,11,15,20H,3,5,18H2. The molecule has 2 unspecified atom stereocenters. The van der Waals surface area contributed by atoms with Crippen LogP contribution in [-0.4, -0.2) is 4.98 Å². The first-order valence-corrected chi connectivity index (χ1v) is 8.42. The highest BCUT2D eigenvalue weighted by Gasteiger charge is 2.32. The van der Waals surface area contributed by atoms with E-state index >= 15 is 0 Å². The van der Waals surface area contributed by atoms with Crippen molar-refractivity contribution in [2.75, 3.05) is 0 Å². The van der Waals surface area contributed by atoms with Crippen LogP contribution < -0.4 is 11.3 Å². The fraction of sp³-hybridized carbons (Fsp3) is 0.267. The molecular weight excluding hydrogens is 429 g/mol. The summed E-state index contributed by atoms with van der Waals surface area (Å²) in [5.41, 5.74) is 6.72. The van der Waals surface area contributed by atoms with Crippen molar-refractivity contribution in [3.63, 3.8) is 0 Å². The second-order valence-corrected chi connectivity index (χ2v) is 7.10. The van der Waals surface area contributed by atoms with Gasteiger partial charge in [-0.25, -0.2) is 0 Å². The van der Waals surface area contributed by atoms with Gasteiger partial charge in [-0.15, -0.1) is 0 Å². The number of nitrogens with one attached hydrogen (secondary N) is 1. The molecule has 2 aromatic rings. The topological polar surface area (TPSA) is 50.9 Å². The van der Waals surface area contributed by atoms with E-state index in [2.05, 4.69) is 73.2 Å². The molecule has 0 saturated heterocycles. The van der Waals surface area contributed by atoms with Gasteiger partial charge in [-0.05, 0) is 70.8 Å². The number of nitrogens with zero attached hydrogens (tertiary/aromatic N) is 1. The van der Waals surface area contributed by atoms with Crippen LogP contribution in [0.4, 0.5) is 0 Å². The minimum absolute atomic E-state index is 0.0789. The molecule has 0 bridgehead atoms. The molecule has 0 aliphatic heterocycles. The summed E-state index contributed by atoms with van der Waals surface area (Å²) in [7, 11) is 0. The number of halogens is 2. The summed E-state index contributed by atoms with van der Waals surface area (Å²) >= 11 is 5.97. The van der Waals surface area contributed by atoms with Gasteiger partial charge in [-0.1, -0.05) is 22.0 Å². The summed E-state index contributed by atoms with van der Waals surface area (Å²) in [6.45, 7) is 0. The molecule has 3 rings (SSSR count). The molecule has 5 heteroatoms. The Balaban J connectivity index is 2.01. The lowest BCUT2D eigenvalue weighted by atomic mass is 9.91. The molecule has 1 aliphatic rings. The van der Waals surface area contributed by atoms with Crippen molar-refractivity contribution in [1.82, 2.24) is 10.4 Å². The van der Waals surface area contributed by atoms with Gasteiger partial charge < -0.3 is 0 Å². The zero-order valence-electron chi connectivity index (χ0n) is 10.8. The van der Waals surface area contributed by atoms with E-state index in [0.717, 1.165) is 17.3 Å². The van der Waals surface area contributed by atoms with Gasteiger partial charge >= 0.3 is 0 Å². The molecule has 0 radical (unpaired) electrons. The van der Waals surface area contributed by atoms with Gasteiger partial charge in [0, 0.05) is 25.9 Å². The third-order valence-electron chi connectivity index (χ3n) is 3.88. The van der Waals surface area contributed by atoms with Crippen LogP contribution in [0, 0.1) is 3.57 Å². The zero-order chi connectivity index (χ0) is 14.1. The molecule has 104 valence electrons. The van der Waals surface area contributed by atoms with Crippen LogP contribution >= 0.6 is 38.5 Å². The molecule has 1 aromatic carbocycles. The van der Waals surface area contributed by atoms with E-state index in [1.807, 2.05) is 12.3 Å². The largest absolute Gasteiger partial charge is 0.271 e. The SMILES string of the molecule is NNC(c1cc(I)ccc1Br)C1CCc2cccnc21. The van der Waals surface area contributed by atoms with Crippen LogP contribution in [-0.2, 0) is 6.42 Å². The lowest BCUT2D eigenvalue weighted by Crippen LogP contribution is -2.32. The molecule has 2 atom stereocenters.